The third kappa shape index (κ3) is 4.29. The minimum absolute atomic E-state index is 0.219. The summed E-state index contributed by atoms with van der Waals surface area (Å²) in [7, 11) is 1.97. The number of hydrogen-bond acceptors (Lipinski definition) is 2. The molecular formula is C17H20BrFN2. The minimum atomic E-state index is -0.219. The number of rotatable bonds is 5. The van der Waals surface area contributed by atoms with Gasteiger partial charge in [-0.2, -0.15) is 0 Å². The van der Waals surface area contributed by atoms with E-state index in [1.54, 1.807) is 12.1 Å². The Labute approximate surface area is 134 Å². The first-order valence-corrected chi connectivity index (χ1v) is 7.78. The number of anilines is 2. The molecule has 2 aromatic rings. The Morgan fingerprint density at radius 3 is 2.29 bits per heavy atom. The Kier molecular flexibility index (Phi) is 5.37. The van der Waals surface area contributed by atoms with Crippen LogP contribution in [0.1, 0.15) is 19.4 Å². The van der Waals surface area contributed by atoms with Crippen molar-refractivity contribution in [3.63, 3.8) is 0 Å². The molecule has 0 atom stereocenters. The van der Waals surface area contributed by atoms with Gasteiger partial charge in [0.15, 0.2) is 0 Å². The maximum Gasteiger partial charge on any atom is 0.123 e. The van der Waals surface area contributed by atoms with E-state index in [9.17, 15) is 4.39 Å². The normalized spacial score (nSPS) is 11.0. The largest absolute Gasteiger partial charge is 0.345 e. The zero-order valence-electron chi connectivity index (χ0n) is 12.5. The van der Waals surface area contributed by atoms with Crippen molar-refractivity contribution in [1.29, 1.82) is 0 Å². The van der Waals surface area contributed by atoms with Crippen LogP contribution in [0.3, 0.4) is 0 Å². The number of benzene rings is 2. The Morgan fingerprint density at radius 2 is 1.71 bits per heavy atom. The van der Waals surface area contributed by atoms with Crippen LogP contribution in [0.4, 0.5) is 15.8 Å². The zero-order valence-corrected chi connectivity index (χ0v) is 14.1. The van der Waals surface area contributed by atoms with E-state index in [2.05, 4.69) is 53.3 Å². The Balaban J connectivity index is 2.17. The van der Waals surface area contributed by atoms with Gasteiger partial charge in [-0.25, -0.2) is 4.39 Å². The Morgan fingerprint density at radius 1 is 1.10 bits per heavy atom. The van der Waals surface area contributed by atoms with E-state index >= 15 is 0 Å². The molecule has 0 amide bonds. The van der Waals surface area contributed by atoms with E-state index in [1.165, 1.54) is 17.7 Å². The van der Waals surface area contributed by atoms with Gasteiger partial charge in [0.2, 0.25) is 0 Å². The minimum Gasteiger partial charge on any atom is -0.345 e. The molecule has 0 aliphatic rings. The third-order valence-corrected chi connectivity index (χ3v) is 4.08. The molecule has 0 aliphatic heterocycles. The van der Waals surface area contributed by atoms with Crippen LogP contribution < -0.4 is 10.2 Å². The van der Waals surface area contributed by atoms with Gasteiger partial charge in [-0.05, 0) is 42.0 Å². The van der Waals surface area contributed by atoms with Gasteiger partial charge in [0.1, 0.15) is 5.82 Å². The first-order chi connectivity index (χ1) is 9.97. The van der Waals surface area contributed by atoms with Gasteiger partial charge in [-0.3, -0.25) is 0 Å². The summed E-state index contributed by atoms with van der Waals surface area (Å²) < 4.78 is 14.1. The highest BCUT2D eigenvalue weighted by atomic mass is 79.9. The van der Waals surface area contributed by atoms with Crippen molar-refractivity contribution in [2.24, 2.45) is 0 Å². The van der Waals surface area contributed by atoms with E-state index < -0.39 is 0 Å². The molecule has 2 nitrogen and oxygen atoms in total. The maximum absolute atomic E-state index is 13.0. The van der Waals surface area contributed by atoms with Gasteiger partial charge in [0.05, 0.1) is 0 Å². The van der Waals surface area contributed by atoms with Crippen LogP contribution in [-0.4, -0.2) is 13.1 Å². The molecule has 0 saturated carbocycles. The summed E-state index contributed by atoms with van der Waals surface area (Å²) in [5, 5.41) is 3.40. The van der Waals surface area contributed by atoms with Crippen molar-refractivity contribution in [3.05, 3.63) is 58.3 Å². The van der Waals surface area contributed by atoms with Crippen molar-refractivity contribution in [3.8, 4) is 0 Å². The van der Waals surface area contributed by atoms with Gasteiger partial charge in [-0.15, -0.1) is 0 Å². The van der Waals surface area contributed by atoms with Crippen molar-refractivity contribution in [1.82, 2.24) is 5.32 Å². The van der Waals surface area contributed by atoms with Crippen molar-refractivity contribution >= 4 is 27.3 Å². The summed E-state index contributed by atoms with van der Waals surface area (Å²) in [6.07, 6.45) is 0. The smallest absolute Gasteiger partial charge is 0.123 e. The Bertz CT molecular complexity index is 596. The van der Waals surface area contributed by atoms with Crippen LogP contribution in [0.5, 0.6) is 0 Å². The number of nitrogens with one attached hydrogen (secondary N) is 1. The number of nitrogens with zero attached hydrogens (tertiary/aromatic N) is 1. The predicted octanol–water partition coefficient (Wildman–Crippen LogP) is 4.85. The van der Waals surface area contributed by atoms with Crippen molar-refractivity contribution in [2.45, 2.75) is 26.4 Å². The lowest BCUT2D eigenvalue weighted by atomic mass is 10.1. The standard InChI is InChI=1S/C17H20BrFN2/c1-12(2)20-11-13-4-7-16(10-17(13)18)21(3)15-8-5-14(19)6-9-15/h4-10,12,20H,11H2,1-3H3. The highest BCUT2D eigenvalue weighted by Crippen LogP contribution is 2.28. The van der Waals surface area contributed by atoms with E-state index in [4.69, 9.17) is 0 Å². The van der Waals surface area contributed by atoms with Gasteiger partial charge in [0, 0.05) is 35.5 Å². The predicted molar refractivity (Wildman–Crippen MR) is 90.6 cm³/mol. The molecule has 0 aliphatic carbocycles. The van der Waals surface area contributed by atoms with E-state index in [-0.39, 0.29) is 5.82 Å². The molecule has 0 saturated heterocycles. The monoisotopic (exact) mass is 350 g/mol. The lowest BCUT2D eigenvalue weighted by Gasteiger charge is -2.21. The average Bonchev–Trinajstić information content (AvgIpc) is 2.46. The number of hydrogen-bond donors (Lipinski definition) is 1. The second-order valence-corrected chi connectivity index (χ2v) is 6.20. The quantitative estimate of drug-likeness (QED) is 0.828. The summed E-state index contributed by atoms with van der Waals surface area (Å²) in [5.41, 5.74) is 3.23. The Hall–Kier alpha value is -1.39. The van der Waals surface area contributed by atoms with Crippen LogP contribution in [-0.2, 0) is 6.54 Å². The first kappa shape index (κ1) is 16.0. The number of halogens is 2. The fourth-order valence-electron chi connectivity index (χ4n) is 2.02. The molecule has 0 heterocycles. The molecule has 2 rings (SSSR count). The molecule has 0 unspecified atom stereocenters. The highest BCUT2D eigenvalue weighted by molar-refractivity contribution is 9.10. The lowest BCUT2D eigenvalue weighted by Crippen LogP contribution is -2.22. The zero-order chi connectivity index (χ0) is 15.4. The molecule has 21 heavy (non-hydrogen) atoms. The van der Waals surface area contributed by atoms with Crippen LogP contribution in [0, 0.1) is 5.82 Å². The molecule has 2 aromatic carbocycles. The summed E-state index contributed by atoms with van der Waals surface area (Å²) in [6.45, 7) is 5.09. The lowest BCUT2D eigenvalue weighted by molar-refractivity contribution is 0.588. The van der Waals surface area contributed by atoms with E-state index in [1.807, 2.05) is 11.9 Å². The van der Waals surface area contributed by atoms with Crippen LogP contribution >= 0.6 is 15.9 Å². The topological polar surface area (TPSA) is 15.3 Å². The molecule has 0 radical (unpaired) electrons. The molecule has 0 spiro atoms. The van der Waals surface area contributed by atoms with Gasteiger partial charge in [0.25, 0.3) is 0 Å². The fraction of sp³-hybridized carbons (Fsp3) is 0.294. The van der Waals surface area contributed by atoms with Gasteiger partial charge < -0.3 is 10.2 Å². The van der Waals surface area contributed by atoms with Gasteiger partial charge >= 0.3 is 0 Å². The third-order valence-electron chi connectivity index (χ3n) is 3.34. The summed E-state index contributed by atoms with van der Waals surface area (Å²) in [5.74, 6) is -0.219. The first-order valence-electron chi connectivity index (χ1n) is 6.98. The molecule has 1 N–H and O–H groups in total. The van der Waals surface area contributed by atoms with Crippen LogP contribution in [0.15, 0.2) is 46.9 Å². The van der Waals surface area contributed by atoms with Gasteiger partial charge in [-0.1, -0.05) is 35.8 Å². The van der Waals surface area contributed by atoms with E-state index in [0.717, 1.165) is 22.4 Å². The molecular weight excluding hydrogens is 331 g/mol. The van der Waals surface area contributed by atoms with Crippen molar-refractivity contribution in [2.75, 3.05) is 11.9 Å². The second kappa shape index (κ2) is 7.05. The molecule has 4 heteroatoms. The molecule has 112 valence electrons. The highest BCUT2D eigenvalue weighted by Gasteiger charge is 2.07. The molecule has 0 aromatic heterocycles. The second-order valence-electron chi connectivity index (χ2n) is 5.35. The summed E-state index contributed by atoms with van der Waals surface area (Å²) in [4.78, 5) is 2.03. The summed E-state index contributed by atoms with van der Waals surface area (Å²) >= 11 is 3.62. The maximum atomic E-state index is 13.0. The fourth-order valence-corrected chi connectivity index (χ4v) is 2.52. The van der Waals surface area contributed by atoms with Crippen LogP contribution in [0.2, 0.25) is 0 Å². The molecule has 0 fully saturated rings. The van der Waals surface area contributed by atoms with Crippen LogP contribution in [0.25, 0.3) is 0 Å². The van der Waals surface area contributed by atoms with E-state index in [0.29, 0.717) is 6.04 Å². The summed E-state index contributed by atoms with van der Waals surface area (Å²) in [6, 6.07) is 13.2. The SMILES string of the molecule is CC(C)NCc1ccc(N(C)c2ccc(F)cc2)cc1Br. The molecule has 0 bridgehead atoms. The van der Waals surface area contributed by atoms with Crippen molar-refractivity contribution < 1.29 is 4.39 Å². The average molecular weight is 351 g/mol.